The first-order chi connectivity index (χ1) is 9.42. The summed E-state index contributed by atoms with van der Waals surface area (Å²) in [6.07, 6.45) is 11.0. The fourth-order valence-corrected chi connectivity index (χ4v) is 4.02. The largest absolute Gasteiger partial charge is 0.293 e. The summed E-state index contributed by atoms with van der Waals surface area (Å²) < 4.78 is 2.08. The fraction of sp³-hybridized carbons (Fsp3) is 0.929. The lowest BCUT2D eigenvalue weighted by molar-refractivity contribution is 0.0515. The lowest BCUT2D eigenvalue weighted by Crippen LogP contribution is -2.46. The number of hydrogen-bond donors (Lipinski definition) is 0. The minimum Gasteiger partial charge on any atom is -0.293 e. The van der Waals surface area contributed by atoms with Gasteiger partial charge >= 0.3 is 0 Å². The van der Waals surface area contributed by atoms with E-state index in [0.717, 1.165) is 24.3 Å². The number of piperidine rings is 1. The van der Waals surface area contributed by atoms with Crippen LogP contribution in [0.15, 0.2) is 0 Å². The number of fused-ring (bicyclic) bond motifs is 1. The molecule has 2 aliphatic carbocycles. The van der Waals surface area contributed by atoms with Gasteiger partial charge in [0.2, 0.25) is 0 Å². The SMILES string of the molecule is C1CC[C@H]2[C@H](C1)CCCN2Cc1nnnn1C1CC1. The van der Waals surface area contributed by atoms with E-state index in [9.17, 15) is 0 Å². The molecule has 1 aliphatic heterocycles. The van der Waals surface area contributed by atoms with E-state index in [1.54, 1.807) is 0 Å². The molecule has 5 nitrogen and oxygen atoms in total. The molecule has 19 heavy (non-hydrogen) atoms. The van der Waals surface area contributed by atoms with Crippen molar-refractivity contribution in [3.8, 4) is 0 Å². The zero-order valence-corrected chi connectivity index (χ0v) is 11.5. The number of rotatable bonds is 3. The van der Waals surface area contributed by atoms with E-state index in [2.05, 4.69) is 25.1 Å². The van der Waals surface area contributed by atoms with Crippen LogP contribution in [-0.2, 0) is 6.54 Å². The second kappa shape index (κ2) is 4.85. The molecule has 2 saturated carbocycles. The van der Waals surface area contributed by atoms with Crippen molar-refractivity contribution in [1.29, 1.82) is 0 Å². The lowest BCUT2D eigenvalue weighted by atomic mass is 9.78. The van der Waals surface area contributed by atoms with Gasteiger partial charge < -0.3 is 0 Å². The van der Waals surface area contributed by atoms with Crippen LogP contribution in [0.2, 0.25) is 0 Å². The van der Waals surface area contributed by atoms with Crippen molar-refractivity contribution in [3.05, 3.63) is 5.82 Å². The topological polar surface area (TPSA) is 46.8 Å². The second-order valence-corrected chi connectivity index (χ2v) is 6.50. The van der Waals surface area contributed by atoms with Crippen LogP contribution in [0.5, 0.6) is 0 Å². The van der Waals surface area contributed by atoms with Crippen molar-refractivity contribution < 1.29 is 0 Å². The number of likely N-dealkylation sites (tertiary alicyclic amines) is 1. The van der Waals surface area contributed by atoms with Gasteiger partial charge in [-0.3, -0.25) is 4.90 Å². The maximum Gasteiger partial charge on any atom is 0.165 e. The third-order valence-electron chi connectivity index (χ3n) is 5.16. The van der Waals surface area contributed by atoms with Crippen LogP contribution in [0, 0.1) is 5.92 Å². The number of nitrogens with zero attached hydrogens (tertiary/aromatic N) is 5. The van der Waals surface area contributed by atoms with Crippen molar-refractivity contribution in [2.45, 2.75) is 70.0 Å². The van der Waals surface area contributed by atoms with Gasteiger partial charge in [0.25, 0.3) is 0 Å². The third kappa shape index (κ3) is 2.29. The highest BCUT2D eigenvalue weighted by Crippen LogP contribution is 2.37. The van der Waals surface area contributed by atoms with Gasteiger partial charge in [0, 0.05) is 6.04 Å². The Bertz CT molecular complexity index is 437. The van der Waals surface area contributed by atoms with E-state index < -0.39 is 0 Å². The summed E-state index contributed by atoms with van der Waals surface area (Å²) in [4.78, 5) is 2.66. The van der Waals surface area contributed by atoms with Crippen LogP contribution in [0.3, 0.4) is 0 Å². The van der Waals surface area contributed by atoms with Gasteiger partial charge in [0.05, 0.1) is 12.6 Å². The van der Waals surface area contributed by atoms with E-state index in [4.69, 9.17) is 0 Å². The van der Waals surface area contributed by atoms with Crippen molar-refractivity contribution in [3.63, 3.8) is 0 Å². The molecule has 5 heteroatoms. The number of aromatic nitrogens is 4. The number of hydrogen-bond acceptors (Lipinski definition) is 4. The van der Waals surface area contributed by atoms with Gasteiger partial charge in [-0.25, -0.2) is 4.68 Å². The Morgan fingerprint density at radius 2 is 1.84 bits per heavy atom. The summed E-state index contributed by atoms with van der Waals surface area (Å²) in [5.41, 5.74) is 0. The average Bonchev–Trinajstić information content (AvgIpc) is 3.20. The van der Waals surface area contributed by atoms with Gasteiger partial charge in [0.1, 0.15) is 0 Å². The van der Waals surface area contributed by atoms with E-state index >= 15 is 0 Å². The van der Waals surface area contributed by atoms with Gasteiger partial charge in [-0.05, 0) is 61.4 Å². The van der Waals surface area contributed by atoms with Crippen molar-refractivity contribution >= 4 is 0 Å². The Labute approximate surface area is 114 Å². The van der Waals surface area contributed by atoms with Crippen LogP contribution >= 0.6 is 0 Å². The minimum absolute atomic E-state index is 0.594. The van der Waals surface area contributed by atoms with Crippen LogP contribution in [-0.4, -0.2) is 37.7 Å². The molecule has 2 heterocycles. The summed E-state index contributed by atoms with van der Waals surface area (Å²) in [6, 6.07) is 1.39. The van der Waals surface area contributed by atoms with Crippen LogP contribution < -0.4 is 0 Å². The first-order valence-electron chi connectivity index (χ1n) is 7.92. The highest BCUT2D eigenvalue weighted by Gasteiger charge is 2.35. The summed E-state index contributed by atoms with van der Waals surface area (Å²) in [5.74, 6) is 2.03. The van der Waals surface area contributed by atoms with E-state index in [0.29, 0.717) is 6.04 Å². The monoisotopic (exact) mass is 261 g/mol. The molecule has 0 N–H and O–H groups in total. The summed E-state index contributed by atoms with van der Waals surface area (Å²) in [7, 11) is 0. The van der Waals surface area contributed by atoms with E-state index in [1.807, 2.05) is 0 Å². The highest BCUT2D eigenvalue weighted by atomic mass is 15.6. The molecular formula is C14H23N5. The first-order valence-corrected chi connectivity index (χ1v) is 7.92. The smallest absolute Gasteiger partial charge is 0.165 e. The van der Waals surface area contributed by atoms with Crippen molar-refractivity contribution in [2.24, 2.45) is 5.92 Å². The molecule has 0 aromatic carbocycles. The molecule has 1 aromatic heterocycles. The molecule has 0 radical (unpaired) electrons. The molecule has 0 spiro atoms. The maximum atomic E-state index is 4.27. The highest BCUT2D eigenvalue weighted by molar-refractivity contribution is 4.94. The van der Waals surface area contributed by atoms with E-state index in [1.165, 1.54) is 57.9 Å². The quantitative estimate of drug-likeness (QED) is 0.836. The molecule has 104 valence electrons. The Morgan fingerprint density at radius 3 is 2.74 bits per heavy atom. The van der Waals surface area contributed by atoms with Crippen LogP contribution in [0.1, 0.15) is 63.2 Å². The second-order valence-electron chi connectivity index (χ2n) is 6.50. The standard InChI is InChI=1S/C14H23N5/c1-2-6-13-11(4-1)5-3-9-18(13)10-14-15-16-17-19(14)12-7-8-12/h11-13H,1-10H2/t11-,13+/m1/s1. The molecule has 0 bridgehead atoms. The molecule has 2 atom stereocenters. The normalized spacial score (nSPS) is 32.2. The summed E-state index contributed by atoms with van der Waals surface area (Å²) in [6.45, 7) is 2.20. The Balaban J connectivity index is 1.49. The van der Waals surface area contributed by atoms with Crippen LogP contribution in [0.25, 0.3) is 0 Å². The minimum atomic E-state index is 0.594. The predicted octanol–water partition coefficient (Wildman–Crippen LogP) is 2.16. The number of tetrazole rings is 1. The van der Waals surface area contributed by atoms with Crippen LogP contribution in [0.4, 0.5) is 0 Å². The molecule has 0 unspecified atom stereocenters. The molecule has 4 rings (SSSR count). The fourth-order valence-electron chi connectivity index (χ4n) is 4.02. The van der Waals surface area contributed by atoms with Gasteiger partial charge in [-0.15, -0.1) is 5.10 Å². The van der Waals surface area contributed by atoms with Gasteiger partial charge in [0.15, 0.2) is 5.82 Å². The Hall–Kier alpha value is -0.970. The predicted molar refractivity (Wildman–Crippen MR) is 71.5 cm³/mol. The molecule has 1 saturated heterocycles. The van der Waals surface area contributed by atoms with Crippen molar-refractivity contribution in [1.82, 2.24) is 25.1 Å². The molecule has 3 aliphatic rings. The first kappa shape index (κ1) is 11.8. The third-order valence-corrected chi connectivity index (χ3v) is 5.16. The molecule has 0 amide bonds. The molecule has 3 fully saturated rings. The summed E-state index contributed by atoms with van der Waals surface area (Å²) >= 11 is 0. The zero-order valence-electron chi connectivity index (χ0n) is 11.5. The van der Waals surface area contributed by atoms with Gasteiger partial charge in [-0.2, -0.15) is 0 Å². The molecular weight excluding hydrogens is 238 g/mol. The Morgan fingerprint density at radius 1 is 1.00 bits per heavy atom. The zero-order chi connectivity index (χ0) is 12.7. The van der Waals surface area contributed by atoms with Crippen molar-refractivity contribution in [2.75, 3.05) is 6.54 Å². The van der Waals surface area contributed by atoms with E-state index in [-0.39, 0.29) is 0 Å². The summed E-state index contributed by atoms with van der Waals surface area (Å²) in [5, 5.41) is 12.3. The Kier molecular flexibility index (Phi) is 3.02. The van der Waals surface area contributed by atoms with Gasteiger partial charge in [-0.1, -0.05) is 12.8 Å². The lowest BCUT2D eigenvalue weighted by Gasteiger charge is -2.43. The average molecular weight is 261 g/mol. The molecule has 1 aromatic rings. The maximum absolute atomic E-state index is 4.27.